The van der Waals surface area contributed by atoms with Gasteiger partial charge in [-0.3, -0.25) is 9.59 Å². The third kappa shape index (κ3) is 3.29. The Kier molecular flexibility index (Phi) is 4.26. The quantitative estimate of drug-likeness (QED) is 0.925. The molecule has 2 aliphatic rings. The second-order valence-corrected chi connectivity index (χ2v) is 6.77. The van der Waals surface area contributed by atoms with Crippen molar-refractivity contribution in [3.63, 3.8) is 0 Å². The molecule has 1 saturated heterocycles. The van der Waals surface area contributed by atoms with Crippen LogP contribution in [0.2, 0.25) is 0 Å². The first-order chi connectivity index (χ1) is 12.2. The molecule has 2 heterocycles. The Balaban J connectivity index is 1.39. The van der Waals surface area contributed by atoms with Crippen LogP contribution in [-0.2, 0) is 24.2 Å². The molecule has 1 N–H and O–H groups in total. The van der Waals surface area contributed by atoms with Crippen LogP contribution in [0.4, 0.5) is 0 Å². The number of fused-ring (bicyclic) bond motifs is 1. The molecule has 6 nitrogen and oxygen atoms in total. The summed E-state index contributed by atoms with van der Waals surface area (Å²) < 4.78 is 5.31. The van der Waals surface area contributed by atoms with E-state index in [1.807, 2.05) is 30.3 Å². The van der Waals surface area contributed by atoms with Gasteiger partial charge in [-0.25, -0.2) is 0 Å². The summed E-state index contributed by atoms with van der Waals surface area (Å²) in [5.74, 6) is 0.673. The number of aryl methyl sites for hydroxylation is 1. The van der Waals surface area contributed by atoms with Crippen molar-refractivity contribution >= 4 is 11.8 Å². The van der Waals surface area contributed by atoms with E-state index in [1.165, 1.54) is 0 Å². The van der Waals surface area contributed by atoms with Crippen LogP contribution in [0.15, 0.2) is 34.9 Å². The van der Waals surface area contributed by atoms with Crippen molar-refractivity contribution in [3.8, 4) is 0 Å². The van der Waals surface area contributed by atoms with Crippen molar-refractivity contribution in [3.05, 3.63) is 52.9 Å². The number of likely N-dealkylation sites (tertiary alicyclic amines) is 1. The minimum atomic E-state index is -0.230. The minimum Gasteiger partial charge on any atom is -0.360 e. The number of carbonyl (C=O) groups excluding carboxylic acids is 2. The lowest BCUT2D eigenvalue weighted by atomic mass is 9.96. The molecule has 6 heteroatoms. The van der Waals surface area contributed by atoms with Gasteiger partial charge in [0, 0.05) is 31.5 Å². The van der Waals surface area contributed by atoms with E-state index in [-0.39, 0.29) is 17.9 Å². The molecule has 1 aromatic heterocycles. The Morgan fingerprint density at radius 3 is 2.88 bits per heavy atom. The standard InChI is InChI=1S/C19H21N3O3/c23-17-10-14(12-22(17)11-13-6-2-1-3-7-13)20-19(24)18-15-8-4-5-9-16(15)25-21-18/h1-3,6-7,14H,4-5,8-12H2,(H,20,24)/t14-/m0/s1. The fraction of sp³-hybridized carbons (Fsp3) is 0.421. The minimum absolute atomic E-state index is 0.0661. The number of hydrogen-bond donors (Lipinski definition) is 1. The second kappa shape index (κ2) is 6.70. The van der Waals surface area contributed by atoms with Crippen molar-refractivity contribution in [2.24, 2.45) is 0 Å². The van der Waals surface area contributed by atoms with E-state index >= 15 is 0 Å². The summed E-state index contributed by atoms with van der Waals surface area (Å²) in [4.78, 5) is 26.6. The lowest BCUT2D eigenvalue weighted by Gasteiger charge is -2.17. The molecule has 1 aromatic carbocycles. The Morgan fingerprint density at radius 1 is 1.24 bits per heavy atom. The Morgan fingerprint density at radius 2 is 2.04 bits per heavy atom. The summed E-state index contributed by atoms with van der Waals surface area (Å²) in [6, 6.07) is 9.70. The van der Waals surface area contributed by atoms with Crippen molar-refractivity contribution in [1.29, 1.82) is 0 Å². The summed E-state index contributed by atoms with van der Waals surface area (Å²) in [7, 11) is 0. The van der Waals surface area contributed by atoms with Gasteiger partial charge in [0.25, 0.3) is 5.91 Å². The second-order valence-electron chi connectivity index (χ2n) is 6.77. The molecule has 25 heavy (non-hydrogen) atoms. The monoisotopic (exact) mass is 339 g/mol. The first-order valence-electron chi connectivity index (χ1n) is 8.80. The van der Waals surface area contributed by atoms with Crippen molar-refractivity contribution < 1.29 is 14.1 Å². The van der Waals surface area contributed by atoms with Crippen LogP contribution < -0.4 is 5.32 Å². The maximum atomic E-state index is 12.5. The number of benzene rings is 1. The Labute approximate surface area is 146 Å². The molecule has 0 spiro atoms. The lowest BCUT2D eigenvalue weighted by molar-refractivity contribution is -0.128. The first-order valence-corrected chi connectivity index (χ1v) is 8.80. The van der Waals surface area contributed by atoms with E-state index in [0.717, 1.165) is 42.6 Å². The number of amides is 2. The number of nitrogens with one attached hydrogen (secondary N) is 1. The van der Waals surface area contributed by atoms with Gasteiger partial charge < -0.3 is 14.7 Å². The molecule has 0 bridgehead atoms. The lowest BCUT2D eigenvalue weighted by Crippen LogP contribution is -2.37. The number of nitrogens with zero attached hydrogens (tertiary/aromatic N) is 2. The number of carbonyl (C=O) groups is 2. The van der Waals surface area contributed by atoms with Crippen LogP contribution in [0, 0.1) is 0 Å². The zero-order valence-electron chi connectivity index (χ0n) is 14.0. The molecule has 130 valence electrons. The molecule has 0 saturated carbocycles. The highest BCUT2D eigenvalue weighted by atomic mass is 16.5. The molecule has 1 aliphatic heterocycles. The zero-order valence-corrected chi connectivity index (χ0v) is 14.0. The summed E-state index contributed by atoms with van der Waals surface area (Å²) in [5.41, 5.74) is 2.42. The van der Waals surface area contributed by atoms with Crippen LogP contribution in [0.25, 0.3) is 0 Å². The predicted octanol–water partition coefficient (Wildman–Crippen LogP) is 2.08. The Bertz CT molecular complexity index is 784. The number of rotatable bonds is 4. The van der Waals surface area contributed by atoms with Gasteiger partial charge in [-0.1, -0.05) is 35.5 Å². The third-order valence-corrected chi connectivity index (χ3v) is 4.93. The molecular weight excluding hydrogens is 318 g/mol. The number of hydrogen-bond acceptors (Lipinski definition) is 4. The van der Waals surface area contributed by atoms with Gasteiger partial charge in [0.1, 0.15) is 5.76 Å². The van der Waals surface area contributed by atoms with Crippen LogP contribution in [0.3, 0.4) is 0 Å². The summed E-state index contributed by atoms with van der Waals surface area (Å²) in [6.07, 6.45) is 4.16. The first kappa shape index (κ1) is 15.9. The smallest absolute Gasteiger partial charge is 0.274 e. The largest absolute Gasteiger partial charge is 0.360 e. The average molecular weight is 339 g/mol. The molecule has 2 amide bonds. The molecule has 4 rings (SSSR count). The van der Waals surface area contributed by atoms with Gasteiger partial charge in [0.15, 0.2) is 5.69 Å². The summed E-state index contributed by atoms with van der Waals surface area (Å²) >= 11 is 0. The van der Waals surface area contributed by atoms with Gasteiger partial charge in [-0.05, 0) is 24.8 Å². The van der Waals surface area contributed by atoms with Gasteiger partial charge in [0.05, 0.1) is 6.04 Å². The van der Waals surface area contributed by atoms with Crippen LogP contribution >= 0.6 is 0 Å². The third-order valence-electron chi connectivity index (χ3n) is 4.93. The SMILES string of the molecule is O=C(N[C@H]1CC(=O)N(Cc2ccccc2)C1)c1noc2c1CCCC2. The van der Waals surface area contributed by atoms with E-state index in [0.29, 0.717) is 25.2 Å². The van der Waals surface area contributed by atoms with Crippen LogP contribution in [-0.4, -0.2) is 34.5 Å². The summed E-state index contributed by atoms with van der Waals surface area (Å²) in [5, 5.41) is 6.91. The molecule has 2 aromatic rings. The normalized spacial score (nSPS) is 19.8. The summed E-state index contributed by atoms with van der Waals surface area (Å²) in [6.45, 7) is 1.10. The van der Waals surface area contributed by atoms with Gasteiger partial charge in [0.2, 0.25) is 5.91 Å². The molecular formula is C19H21N3O3. The van der Waals surface area contributed by atoms with E-state index < -0.39 is 0 Å². The molecule has 1 atom stereocenters. The van der Waals surface area contributed by atoms with E-state index in [2.05, 4.69) is 10.5 Å². The van der Waals surface area contributed by atoms with Crippen molar-refractivity contribution in [1.82, 2.24) is 15.4 Å². The van der Waals surface area contributed by atoms with Gasteiger partial charge in [-0.2, -0.15) is 0 Å². The molecule has 1 aliphatic carbocycles. The zero-order chi connectivity index (χ0) is 17.2. The van der Waals surface area contributed by atoms with Crippen LogP contribution in [0.1, 0.15) is 46.6 Å². The van der Waals surface area contributed by atoms with Gasteiger partial charge in [-0.15, -0.1) is 0 Å². The maximum Gasteiger partial charge on any atom is 0.274 e. The fourth-order valence-corrected chi connectivity index (χ4v) is 3.64. The molecule has 0 unspecified atom stereocenters. The average Bonchev–Trinajstić information content (AvgIpc) is 3.19. The fourth-order valence-electron chi connectivity index (χ4n) is 3.64. The highest BCUT2D eigenvalue weighted by molar-refractivity contribution is 5.94. The van der Waals surface area contributed by atoms with Crippen LogP contribution in [0.5, 0.6) is 0 Å². The predicted molar refractivity (Wildman–Crippen MR) is 90.9 cm³/mol. The highest BCUT2D eigenvalue weighted by Gasteiger charge is 2.32. The molecule has 1 fully saturated rings. The van der Waals surface area contributed by atoms with Crippen molar-refractivity contribution in [2.75, 3.05) is 6.54 Å². The Hall–Kier alpha value is -2.63. The van der Waals surface area contributed by atoms with E-state index in [4.69, 9.17) is 4.52 Å². The van der Waals surface area contributed by atoms with E-state index in [1.54, 1.807) is 4.90 Å². The number of aromatic nitrogens is 1. The maximum absolute atomic E-state index is 12.5. The van der Waals surface area contributed by atoms with Crippen molar-refractivity contribution in [2.45, 2.75) is 44.7 Å². The highest BCUT2D eigenvalue weighted by Crippen LogP contribution is 2.24. The topological polar surface area (TPSA) is 75.4 Å². The van der Waals surface area contributed by atoms with Gasteiger partial charge >= 0.3 is 0 Å². The molecule has 0 radical (unpaired) electrons. The van der Waals surface area contributed by atoms with E-state index in [9.17, 15) is 9.59 Å².